The zero-order chi connectivity index (χ0) is 14.5. The molecule has 1 aromatic heterocycles. The highest BCUT2D eigenvalue weighted by molar-refractivity contribution is 5.41. The largest absolute Gasteiger partial charge is 0.493 e. The third kappa shape index (κ3) is 3.26. The quantitative estimate of drug-likeness (QED) is 0.822. The third-order valence-electron chi connectivity index (χ3n) is 3.18. The van der Waals surface area contributed by atoms with Gasteiger partial charge in [-0.05, 0) is 25.5 Å². The second kappa shape index (κ2) is 6.37. The monoisotopic (exact) mass is 272 g/mol. The molecule has 0 aliphatic rings. The summed E-state index contributed by atoms with van der Waals surface area (Å²) in [4.78, 5) is 8.95. The summed E-state index contributed by atoms with van der Waals surface area (Å²) >= 11 is 0. The van der Waals surface area contributed by atoms with Crippen LogP contribution >= 0.6 is 0 Å². The number of aryl methyl sites for hydroxylation is 1. The highest BCUT2D eigenvalue weighted by Crippen LogP contribution is 2.30. The first-order chi connectivity index (χ1) is 9.63. The Balaban J connectivity index is 2.31. The number of rotatable bonds is 5. The number of nitrogens with zero attached hydrogens (tertiary/aromatic N) is 2. The number of benzene rings is 1. The lowest BCUT2D eigenvalue weighted by Gasteiger charge is -2.12. The van der Waals surface area contributed by atoms with E-state index in [1.165, 1.54) is 0 Å². The zero-order valence-corrected chi connectivity index (χ0v) is 12.4. The SMILES string of the molecule is CCC(C)c1nc(C)cc(Oc2ccccc2OC)n1. The zero-order valence-electron chi connectivity index (χ0n) is 12.4. The van der Waals surface area contributed by atoms with Gasteiger partial charge in [-0.15, -0.1) is 0 Å². The van der Waals surface area contributed by atoms with E-state index in [2.05, 4.69) is 23.8 Å². The van der Waals surface area contributed by atoms with Crippen molar-refractivity contribution in [1.82, 2.24) is 9.97 Å². The number of ether oxygens (including phenoxy) is 2. The smallest absolute Gasteiger partial charge is 0.222 e. The normalized spacial score (nSPS) is 12.0. The van der Waals surface area contributed by atoms with E-state index in [1.54, 1.807) is 7.11 Å². The van der Waals surface area contributed by atoms with Crippen LogP contribution < -0.4 is 9.47 Å². The lowest BCUT2D eigenvalue weighted by Crippen LogP contribution is -2.03. The molecule has 0 saturated carbocycles. The summed E-state index contributed by atoms with van der Waals surface area (Å²) in [5.41, 5.74) is 0.903. The molecule has 106 valence electrons. The van der Waals surface area contributed by atoms with Gasteiger partial charge in [-0.25, -0.2) is 4.98 Å². The van der Waals surface area contributed by atoms with Gasteiger partial charge in [0.1, 0.15) is 5.82 Å². The van der Waals surface area contributed by atoms with Crippen molar-refractivity contribution in [3.63, 3.8) is 0 Å². The van der Waals surface area contributed by atoms with E-state index in [4.69, 9.17) is 9.47 Å². The first-order valence-electron chi connectivity index (χ1n) is 6.80. The molecule has 0 aliphatic heterocycles. The Morgan fingerprint density at radius 1 is 1.15 bits per heavy atom. The van der Waals surface area contributed by atoms with E-state index in [1.807, 2.05) is 37.3 Å². The van der Waals surface area contributed by atoms with Gasteiger partial charge in [0, 0.05) is 17.7 Å². The van der Waals surface area contributed by atoms with Crippen LogP contribution in [0.25, 0.3) is 0 Å². The van der Waals surface area contributed by atoms with E-state index in [0.29, 0.717) is 23.3 Å². The molecular formula is C16H20N2O2. The fourth-order valence-electron chi connectivity index (χ4n) is 1.83. The van der Waals surface area contributed by atoms with Crippen LogP contribution in [0.15, 0.2) is 30.3 Å². The fourth-order valence-corrected chi connectivity index (χ4v) is 1.83. The Hall–Kier alpha value is -2.10. The highest BCUT2D eigenvalue weighted by atomic mass is 16.5. The lowest BCUT2D eigenvalue weighted by atomic mass is 10.1. The van der Waals surface area contributed by atoms with Gasteiger partial charge < -0.3 is 9.47 Å². The average Bonchev–Trinajstić information content (AvgIpc) is 2.46. The molecule has 0 saturated heterocycles. The average molecular weight is 272 g/mol. The molecule has 4 heteroatoms. The minimum absolute atomic E-state index is 0.315. The molecule has 0 spiro atoms. The topological polar surface area (TPSA) is 44.2 Å². The standard InChI is InChI=1S/C16H20N2O2/c1-5-11(2)16-17-12(3)10-15(18-16)20-14-9-7-6-8-13(14)19-4/h6-11H,5H2,1-4H3. The van der Waals surface area contributed by atoms with E-state index >= 15 is 0 Å². The Kier molecular flexibility index (Phi) is 4.56. The van der Waals surface area contributed by atoms with Gasteiger partial charge >= 0.3 is 0 Å². The number of hydrogen-bond acceptors (Lipinski definition) is 4. The summed E-state index contributed by atoms with van der Waals surface area (Å²) in [7, 11) is 1.62. The van der Waals surface area contributed by atoms with Crippen molar-refractivity contribution in [2.75, 3.05) is 7.11 Å². The van der Waals surface area contributed by atoms with Crippen LogP contribution in [0.1, 0.15) is 37.7 Å². The lowest BCUT2D eigenvalue weighted by molar-refractivity contribution is 0.372. The van der Waals surface area contributed by atoms with Crippen molar-refractivity contribution in [1.29, 1.82) is 0 Å². The Bertz CT molecular complexity index is 584. The van der Waals surface area contributed by atoms with Gasteiger partial charge in [0.2, 0.25) is 5.88 Å². The van der Waals surface area contributed by atoms with Crippen LogP contribution in [0.5, 0.6) is 17.4 Å². The molecule has 20 heavy (non-hydrogen) atoms. The van der Waals surface area contributed by atoms with E-state index in [0.717, 1.165) is 17.9 Å². The summed E-state index contributed by atoms with van der Waals surface area (Å²) in [5.74, 6) is 3.03. The van der Waals surface area contributed by atoms with Crippen LogP contribution in [0.2, 0.25) is 0 Å². The number of para-hydroxylation sites is 2. The predicted molar refractivity (Wildman–Crippen MR) is 78.5 cm³/mol. The van der Waals surface area contributed by atoms with Crippen LogP contribution in [-0.2, 0) is 0 Å². The highest BCUT2D eigenvalue weighted by Gasteiger charge is 2.11. The molecule has 0 aliphatic carbocycles. The second-order valence-electron chi connectivity index (χ2n) is 4.77. The maximum atomic E-state index is 5.84. The van der Waals surface area contributed by atoms with Gasteiger partial charge in [-0.1, -0.05) is 26.0 Å². The Labute approximate surface area is 119 Å². The third-order valence-corrected chi connectivity index (χ3v) is 3.18. The van der Waals surface area contributed by atoms with E-state index in [9.17, 15) is 0 Å². The summed E-state index contributed by atoms with van der Waals surface area (Å²) in [6.45, 7) is 6.18. The molecule has 0 N–H and O–H groups in total. The summed E-state index contributed by atoms with van der Waals surface area (Å²) in [6, 6.07) is 9.36. The molecular weight excluding hydrogens is 252 g/mol. The molecule has 0 fully saturated rings. The molecule has 0 amide bonds. The first-order valence-corrected chi connectivity index (χ1v) is 6.80. The Morgan fingerprint density at radius 3 is 2.50 bits per heavy atom. The van der Waals surface area contributed by atoms with Crippen LogP contribution in [0.4, 0.5) is 0 Å². The van der Waals surface area contributed by atoms with Gasteiger partial charge in [0.15, 0.2) is 11.5 Å². The molecule has 0 radical (unpaired) electrons. The van der Waals surface area contributed by atoms with Gasteiger partial charge in [0.25, 0.3) is 0 Å². The molecule has 1 atom stereocenters. The maximum absolute atomic E-state index is 5.84. The summed E-state index contributed by atoms with van der Waals surface area (Å²) in [6.07, 6.45) is 0.998. The van der Waals surface area contributed by atoms with Crippen LogP contribution in [0.3, 0.4) is 0 Å². The van der Waals surface area contributed by atoms with Gasteiger partial charge in [-0.2, -0.15) is 4.98 Å². The molecule has 1 heterocycles. The van der Waals surface area contributed by atoms with Crippen molar-refractivity contribution >= 4 is 0 Å². The number of methoxy groups -OCH3 is 1. The molecule has 1 unspecified atom stereocenters. The molecule has 4 nitrogen and oxygen atoms in total. The van der Waals surface area contributed by atoms with Gasteiger partial charge in [-0.3, -0.25) is 0 Å². The van der Waals surface area contributed by atoms with Crippen molar-refractivity contribution in [3.05, 3.63) is 41.9 Å². The number of aromatic nitrogens is 2. The van der Waals surface area contributed by atoms with E-state index in [-0.39, 0.29) is 0 Å². The van der Waals surface area contributed by atoms with E-state index < -0.39 is 0 Å². The molecule has 1 aromatic carbocycles. The summed E-state index contributed by atoms with van der Waals surface area (Å²) in [5, 5.41) is 0. The molecule has 0 bridgehead atoms. The van der Waals surface area contributed by atoms with Crippen molar-refractivity contribution < 1.29 is 9.47 Å². The van der Waals surface area contributed by atoms with Gasteiger partial charge in [0.05, 0.1) is 7.11 Å². The second-order valence-corrected chi connectivity index (χ2v) is 4.77. The molecule has 2 rings (SSSR count). The first kappa shape index (κ1) is 14.3. The van der Waals surface area contributed by atoms with Crippen LogP contribution in [-0.4, -0.2) is 17.1 Å². The fraction of sp³-hybridized carbons (Fsp3) is 0.375. The van der Waals surface area contributed by atoms with Crippen LogP contribution in [0, 0.1) is 6.92 Å². The predicted octanol–water partition coefficient (Wildman–Crippen LogP) is 4.10. The Morgan fingerprint density at radius 2 is 1.85 bits per heavy atom. The number of hydrogen-bond donors (Lipinski definition) is 0. The minimum atomic E-state index is 0.315. The minimum Gasteiger partial charge on any atom is -0.493 e. The van der Waals surface area contributed by atoms with Crippen molar-refractivity contribution in [3.8, 4) is 17.4 Å². The van der Waals surface area contributed by atoms with Crippen molar-refractivity contribution in [2.24, 2.45) is 0 Å². The molecule has 2 aromatic rings. The van der Waals surface area contributed by atoms with Crippen molar-refractivity contribution in [2.45, 2.75) is 33.1 Å². The summed E-state index contributed by atoms with van der Waals surface area (Å²) < 4.78 is 11.1. The maximum Gasteiger partial charge on any atom is 0.222 e.